The average Bonchev–Trinajstić information content (AvgIpc) is 0.735. The number of methoxy groups -OCH3 is 12. The Hall–Kier alpha value is -13.3. The van der Waals surface area contributed by atoms with Crippen molar-refractivity contribution in [2.75, 3.05) is 85.3 Å². The first-order valence-electron chi connectivity index (χ1n) is 37.2. The van der Waals surface area contributed by atoms with E-state index >= 15 is 0 Å². The average molecular weight is 1480 g/mol. The third-order valence-corrected chi connectivity index (χ3v) is 21.5. The summed E-state index contributed by atoms with van der Waals surface area (Å²) in [6.45, 7) is 0. The van der Waals surface area contributed by atoms with Crippen LogP contribution in [0.25, 0.3) is 77.0 Å². The van der Waals surface area contributed by atoms with Gasteiger partial charge in [0.2, 0.25) is 0 Å². The standard InChI is InChI=1S/C98H86N2O12/c1-101-85-39-19-61(47-89(85)105-5)43-73(44-62-20-40-86(102-2)90(48-62)106-6)69-31-27-67(28-32-69)65-23-13-59(14-24-65)17-37-79-81-57-83-77(53-75(81)55-93(109-9)97(79)111-11)51-71-35-36-72-52-78-54-76-56-94(110-10)98(112-12)80(82(76)58-84(78)100-96(72)95(71)99-83)38-18-60-15-25-66(26-16-60)68-29-33-70(34-30-68)74(45-63-21-41-87(103-3)91(49-63)107-7)46-64-22-42-88(104-4)92(50-64)108-8/h13-16,19-34,39-42,47-58,73-74H,35-36,43-46H2,1-12H3. The van der Waals surface area contributed by atoms with E-state index < -0.39 is 0 Å². The predicted octanol–water partition coefficient (Wildman–Crippen LogP) is 20.2. The summed E-state index contributed by atoms with van der Waals surface area (Å²) in [6.07, 6.45) is 4.72. The summed E-state index contributed by atoms with van der Waals surface area (Å²) in [5.74, 6) is 22.2. The third kappa shape index (κ3) is 15.2. The van der Waals surface area contributed by atoms with Gasteiger partial charge in [0.25, 0.3) is 0 Å². The summed E-state index contributed by atoms with van der Waals surface area (Å²) in [4.78, 5) is 11.0. The van der Waals surface area contributed by atoms with E-state index in [1.165, 1.54) is 11.1 Å². The number of aryl methyl sites for hydroxylation is 2. The van der Waals surface area contributed by atoms with Crippen molar-refractivity contribution in [3.8, 4) is 126 Å². The zero-order valence-corrected chi connectivity index (χ0v) is 65.0. The molecule has 0 spiro atoms. The molecular weight excluding hydrogens is 1400 g/mol. The zero-order valence-electron chi connectivity index (χ0n) is 65.0. The van der Waals surface area contributed by atoms with Crippen LogP contribution in [0.4, 0.5) is 0 Å². The van der Waals surface area contributed by atoms with Crippen molar-refractivity contribution in [3.05, 3.63) is 285 Å². The van der Waals surface area contributed by atoms with Crippen molar-refractivity contribution in [2.45, 2.75) is 50.4 Å². The van der Waals surface area contributed by atoms with Crippen molar-refractivity contribution < 1.29 is 56.8 Å². The maximum Gasteiger partial charge on any atom is 0.177 e. The van der Waals surface area contributed by atoms with Gasteiger partial charge in [-0.2, -0.15) is 0 Å². The van der Waals surface area contributed by atoms with Crippen LogP contribution < -0.4 is 56.8 Å². The molecule has 0 saturated carbocycles. The van der Waals surface area contributed by atoms with E-state index in [4.69, 9.17) is 66.8 Å². The van der Waals surface area contributed by atoms with Crippen molar-refractivity contribution in [1.82, 2.24) is 9.97 Å². The molecule has 0 atom stereocenters. The minimum atomic E-state index is 0.134. The molecule has 112 heavy (non-hydrogen) atoms. The number of aromatic nitrogens is 2. The van der Waals surface area contributed by atoms with Gasteiger partial charge in [0.15, 0.2) is 69.0 Å². The minimum Gasteiger partial charge on any atom is -0.493 e. The summed E-state index contributed by atoms with van der Waals surface area (Å²) in [5, 5.41) is 5.71. The van der Waals surface area contributed by atoms with Crippen molar-refractivity contribution in [3.63, 3.8) is 0 Å². The Kier molecular flexibility index (Phi) is 21.8. The number of hydrogen-bond donors (Lipinski definition) is 0. The fourth-order valence-corrected chi connectivity index (χ4v) is 15.6. The van der Waals surface area contributed by atoms with Crippen LogP contribution in [0, 0.1) is 23.7 Å². The second-order valence-electron chi connectivity index (χ2n) is 27.9. The monoisotopic (exact) mass is 1480 g/mol. The van der Waals surface area contributed by atoms with Gasteiger partial charge in [0.1, 0.15) is 0 Å². The first-order chi connectivity index (χ1) is 54.8. The highest BCUT2D eigenvalue weighted by atomic mass is 16.5. The number of ether oxygens (including phenoxy) is 12. The largest absolute Gasteiger partial charge is 0.493 e. The number of rotatable bonds is 24. The molecular formula is C98H86N2O12. The molecule has 14 heteroatoms. The third-order valence-electron chi connectivity index (χ3n) is 21.5. The number of benzene rings is 12. The molecule has 0 bridgehead atoms. The van der Waals surface area contributed by atoms with Gasteiger partial charge in [0.05, 0.1) is 119 Å². The minimum absolute atomic E-state index is 0.134. The van der Waals surface area contributed by atoms with Crippen molar-refractivity contribution >= 4 is 43.4 Å². The van der Waals surface area contributed by atoms with Gasteiger partial charge in [-0.15, -0.1) is 0 Å². The van der Waals surface area contributed by atoms with Gasteiger partial charge in [0, 0.05) is 32.7 Å². The maximum atomic E-state index is 6.12. The molecule has 0 N–H and O–H groups in total. The Morgan fingerprint density at radius 2 is 0.562 bits per heavy atom. The van der Waals surface area contributed by atoms with Crippen molar-refractivity contribution in [2.24, 2.45) is 0 Å². The smallest absolute Gasteiger partial charge is 0.177 e. The van der Waals surface area contributed by atoms with Gasteiger partial charge < -0.3 is 56.8 Å². The topological polar surface area (TPSA) is 137 Å². The van der Waals surface area contributed by atoms with E-state index in [1.807, 2.05) is 36.4 Å². The molecule has 0 amide bonds. The van der Waals surface area contributed by atoms with Gasteiger partial charge in [-0.25, -0.2) is 9.97 Å². The number of nitrogens with zero attached hydrogens (tertiary/aromatic N) is 2. The highest BCUT2D eigenvalue weighted by Crippen LogP contribution is 2.45. The molecule has 0 fully saturated rings. The number of fused-ring (bicyclic) bond motifs is 7. The fourth-order valence-electron chi connectivity index (χ4n) is 15.6. The maximum absolute atomic E-state index is 6.12. The molecule has 1 aliphatic rings. The predicted molar refractivity (Wildman–Crippen MR) is 445 cm³/mol. The molecule has 0 saturated heterocycles. The highest BCUT2D eigenvalue weighted by Gasteiger charge is 2.26. The van der Waals surface area contributed by atoms with Crippen LogP contribution in [0.5, 0.6) is 69.0 Å². The van der Waals surface area contributed by atoms with Crippen LogP contribution >= 0.6 is 0 Å². The Balaban J connectivity index is 0.701. The lowest BCUT2D eigenvalue weighted by Gasteiger charge is -2.20. The molecule has 0 radical (unpaired) electrons. The van der Waals surface area contributed by atoms with Crippen LogP contribution in [0.15, 0.2) is 218 Å². The second-order valence-corrected chi connectivity index (χ2v) is 27.9. The Morgan fingerprint density at radius 3 is 0.848 bits per heavy atom. The number of pyridine rings is 2. The van der Waals surface area contributed by atoms with Crippen molar-refractivity contribution in [1.29, 1.82) is 0 Å². The molecule has 2 aromatic heterocycles. The summed E-state index contributed by atoms with van der Waals surface area (Å²) in [7, 11) is 19.9. The SMILES string of the molecule is COc1ccc(CC(Cc2ccc(OC)c(OC)c2)c2ccc(-c3ccc(C#Cc4c(OC)c(OC)cc5cc6cc7c(nc6cc45)-c4nc5cc6c(C#Cc8ccc(-c9ccc(C(Cc%10ccc(OC)c(OC)c%10)Cc%10ccc(OC)c(OC)c%10)cc9)cc8)c(OC)c(OC)cc6cc5cc4CC7)cc3)cc2)cc1OC. The van der Waals surface area contributed by atoms with Crippen LogP contribution in [0.1, 0.15) is 78.6 Å². The second kappa shape index (κ2) is 32.9. The molecule has 0 unspecified atom stereocenters. The zero-order chi connectivity index (χ0) is 77.5. The lowest BCUT2D eigenvalue weighted by atomic mass is 9.85. The van der Waals surface area contributed by atoms with Crippen LogP contribution in [0.3, 0.4) is 0 Å². The highest BCUT2D eigenvalue weighted by molar-refractivity contribution is 6.05. The molecule has 12 aromatic carbocycles. The van der Waals surface area contributed by atoms with E-state index in [-0.39, 0.29) is 11.8 Å². The summed E-state index contributed by atoms with van der Waals surface area (Å²) < 4.78 is 69.3. The molecule has 560 valence electrons. The van der Waals surface area contributed by atoms with Crippen LogP contribution in [-0.4, -0.2) is 95.3 Å². The molecule has 14 aromatic rings. The van der Waals surface area contributed by atoms with Gasteiger partial charge >= 0.3 is 0 Å². The summed E-state index contributed by atoms with van der Waals surface area (Å²) >= 11 is 0. The van der Waals surface area contributed by atoms with Gasteiger partial charge in [-0.3, -0.25) is 0 Å². The Morgan fingerprint density at radius 1 is 0.268 bits per heavy atom. The molecule has 14 nitrogen and oxygen atoms in total. The lowest BCUT2D eigenvalue weighted by molar-refractivity contribution is 0.354. The molecule has 2 heterocycles. The van der Waals surface area contributed by atoms with E-state index in [2.05, 4.69) is 206 Å². The first-order valence-corrected chi connectivity index (χ1v) is 37.2. The van der Waals surface area contributed by atoms with Gasteiger partial charge in [-0.05, 0) is 249 Å². The van der Waals surface area contributed by atoms with Crippen LogP contribution in [-0.2, 0) is 38.5 Å². The quantitative estimate of drug-likeness (QED) is 0.0419. The lowest BCUT2D eigenvalue weighted by Crippen LogP contribution is -2.08. The first kappa shape index (κ1) is 74.2. The van der Waals surface area contributed by atoms with Gasteiger partial charge in [-0.1, -0.05) is 121 Å². The fraction of sp³-hybridized carbons (Fsp3) is 0.204. The normalized spacial score (nSPS) is 11.5. The molecule has 15 rings (SSSR count). The number of hydrogen-bond acceptors (Lipinski definition) is 14. The van der Waals surface area contributed by atoms with E-state index in [0.29, 0.717) is 80.1 Å². The van der Waals surface area contributed by atoms with E-state index in [9.17, 15) is 0 Å². The molecule has 1 aliphatic carbocycles. The van der Waals surface area contributed by atoms with Crippen LogP contribution in [0.2, 0.25) is 0 Å². The summed E-state index contributed by atoms with van der Waals surface area (Å²) in [6, 6.07) is 76.2. The summed E-state index contributed by atoms with van der Waals surface area (Å²) in [5.41, 5.74) is 20.0. The van der Waals surface area contributed by atoms with E-state index in [1.54, 1.807) is 85.3 Å². The Bertz CT molecular complexity index is 5530. The molecule has 0 aliphatic heterocycles. The van der Waals surface area contributed by atoms with E-state index in [0.717, 1.165) is 160 Å². The Labute approximate surface area is 653 Å².